The molecule has 1 aliphatic carbocycles. The zero-order valence-electron chi connectivity index (χ0n) is 18.4. The Labute approximate surface area is 196 Å². The number of benzene rings is 2. The monoisotopic (exact) mass is 469 g/mol. The van der Waals surface area contributed by atoms with Crippen molar-refractivity contribution in [3.8, 4) is 0 Å². The van der Waals surface area contributed by atoms with Crippen molar-refractivity contribution >= 4 is 11.7 Å². The Bertz CT molecular complexity index is 1070. The highest BCUT2D eigenvalue weighted by atomic mass is 19.4. The second-order valence-corrected chi connectivity index (χ2v) is 8.85. The van der Waals surface area contributed by atoms with Crippen LogP contribution in [0.15, 0.2) is 84.6 Å². The standard InChI is InChI=1S/C25H26F3N5O/c26-25(27,28)16-32-14-20(17-8-3-1-4-9-17)22(15-32)29-24(34)30-23-19-12-7-13-21(19)31-33(23)18-10-5-2-6-11-18/h1-13,19-20,22-23,31H,14-16H2,(H2,29,30,34). The molecule has 2 saturated heterocycles. The number of anilines is 1. The number of fused-ring (bicyclic) bond motifs is 1. The van der Waals surface area contributed by atoms with Gasteiger partial charge in [0.15, 0.2) is 0 Å². The van der Waals surface area contributed by atoms with Crippen LogP contribution in [0.5, 0.6) is 0 Å². The molecule has 4 atom stereocenters. The fourth-order valence-corrected chi connectivity index (χ4v) is 5.01. The molecule has 0 saturated carbocycles. The minimum Gasteiger partial charge on any atom is -0.333 e. The van der Waals surface area contributed by atoms with E-state index in [1.165, 1.54) is 4.90 Å². The number of allylic oxidation sites excluding steroid dienone is 2. The van der Waals surface area contributed by atoms with Crippen LogP contribution in [-0.4, -0.2) is 48.9 Å². The number of carbonyl (C=O) groups excluding carboxylic acids is 1. The Morgan fingerprint density at radius 1 is 1.00 bits per heavy atom. The maximum absolute atomic E-state index is 13.1. The van der Waals surface area contributed by atoms with Crippen LogP contribution in [0.3, 0.4) is 0 Å². The van der Waals surface area contributed by atoms with Crippen LogP contribution in [0, 0.1) is 5.92 Å². The third kappa shape index (κ3) is 4.75. The summed E-state index contributed by atoms with van der Waals surface area (Å²) in [7, 11) is 0. The predicted molar refractivity (Wildman–Crippen MR) is 124 cm³/mol. The highest BCUT2D eigenvalue weighted by molar-refractivity contribution is 5.76. The van der Waals surface area contributed by atoms with Gasteiger partial charge in [0, 0.05) is 24.7 Å². The summed E-state index contributed by atoms with van der Waals surface area (Å²) in [6.45, 7) is -0.633. The van der Waals surface area contributed by atoms with E-state index in [4.69, 9.17) is 0 Å². The van der Waals surface area contributed by atoms with Gasteiger partial charge in [0.25, 0.3) is 0 Å². The number of carbonyl (C=O) groups is 1. The summed E-state index contributed by atoms with van der Waals surface area (Å²) in [5, 5.41) is 7.91. The second-order valence-electron chi connectivity index (χ2n) is 8.85. The van der Waals surface area contributed by atoms with Gasteiger partial charge >= 0.3 is 12.2 Å². The van der Waals surface area contributed by atoms with Gasteiger partial charge in [-0.3, -0.25) is 15.3 Å². The van der Waals surface area contributed by atoms with E-state index in [2.05, 4.69) is 16.1 Å². The number of hydrazine groups is 1. The quantitative estimate of drug-likeness (QED) is 0.625. The molecular weight excluding hydrogens is 443 g/mol. The molecule has 2 amide bonds. The molecule has 2 aliphatic heterocycles. The SMILES string of the molecule is O=C(NC1CN(CC(F)(F)F)CC1c1ccccc1)NC1C2C=CC=C2NN1c1ccccc1. The molecule has 178 valence electrons. The molecule has 2 aromatic rings. The topological polar surface area (TPSA) is 59.6 Å². The minimum atomic E-state index is -4.29. The number of alkyl halides is 3. The molecule has 34 heavy (non-hydrogen) atoms. The van der Waals surface area contributed by atoms with E-state index in [-0.39, 0.29) is 31.1 Å². The Morgan fingerprint density at radius 3 is 2.41 bits per heavy atom. The van der Waals surface area contributed by atoms with Crippen molar-refractivity contribution in [3.63, 3.8) is 0 Å². The lowest BCUT2D eigenvalue weighted by Gasteiger charge is -2.29. The molecule has 2 heterocycles. The highest BCUT2D eigenvalue weighted by Crippen LogP contribution is 2.33. The van der Waals surface area contributed by atoms with Crippen molar-refractivity contribution in [1.29, 1.82) is 0 Å². The van der Waals surface area contributed by atoms with Gasteiger partial charge < -0.3 is 10.6 Å². The first-order valence-electron chi connectivity index (χ1n) is 11.3. The third-order valence-electron chi connectivity index (χ3n) is 6.48. The highest BCUT2D eigenvalue weighted by Gasteiger charge is 2.42. The molecule has 3 aliphatic rings. The number of urea groups is 1. The molecule has 2 aromatic carbocycles. The van der Waals surface area contributed by atoms with Gasteiger partial charge in [-0.1, -0.05) is 60.7 Å². The Kier molecular flexibility index (Phi) is 5.95. The number of rotatable bonds is 5. The Balaban J connectivity index is 1.31. The van der Waals surface area contributed by atoms with Gasteiger partial charge in [0.2, 0.25) is 0 Å². The molecule has 3 N–H and O–H groups in total. The molecule has 9 heteroatoms. The first kappa shape index (κ1) is 22.3. The average molecular weight is 470 g/mol. The molecule has 0 aromatic heterocycles. The molecule has 2 fully saturated rings. The molecule has 0 radical (unpaired) electrons. The summed E-state index contributed by atoms with van der Waals surface area (Å²) in [5.74, 6) is -0.274. The van der Waals surface area contributed by atoms with Crippen LogP contribution in [-0.2, 0) is 0 Å². The lowest BCUT2D eigenvalue weighted by molar-refractivity contribution is -0.143. The van der Waals surface area contributed by atoms with E-state index in [0.29, 0.717) is 0 Å². The van der Waals surface area contributed by atoms with Crippen LogP contribution in [0.2, 0.25) is 0 Å². The van der Waals surface area contributed by atoms with Gasteiger partial charge in [-0.05, 0) is 23.8 Å². The van der Waals surface area contributed by atoms with Crippen LogP contribution in [0.25, 0.3) is 0 Å². The summed E-state index contributed by atoms with van der Waals surface area (Å²) < 4.78 is 39.2. The number of nitrogens with one attached hydrogen (secondary N) is 3. The fourth-order valence-electron chi connectivity index (χ4n) is 5.01. The largest absolute Gasteiger partial charge is 0.401 e. The minimum absolute atomic E-state index is 0.0406. The number of likely N-dealkylation sites (tertiary alicyclic amines) is 1. The molecule has 0 spiro atoms. The van der Waals surface area contributed by atoms with E-state index in [1.54, 1.807) is 0 Å². The van der Waals surface area contributed by atoms with Crippen LogP contribution in [0.4, 0.5) is 23.7 Å². The Hall–Kier alpha value is -3.46. The summed E-state index contributed by atoms with van der Waals surface area (Å²) in [6, 6.07) is 18.2. The van der Waals surface area contributed by atoms with Gasteiger partial charge in [0.05, 0.1) is 24.2 Å². The van der Waals surface area contributed by atoms with Crippen molar-refractivity contribution in [2.75, 3.05) is 24.6 Å². The number of amides is 2. The number of para-hydroxylation sites is 1. The van der Waals surface area contributed by atoms with Crippen molar-refractivity contribution < 1.29 is 18.0 Å². The van der Waals surface area contributed by atoms with E-state index < -0.39 is 24.8 Å². The van der Waals surface area contributed by atoms with Gasteiger partial charge in [-0.2, -0.15) is 13.2 Å². The van der Waals surface area contributed by atoms with Crippen molar-refractivity contribution in [2.45, 2.75) is 24.3 Å². The van der Waals surface area contributed by atoms with Crippen molar-refractivity contribution in [2.24, 2.45) is 5.92 Å². The van der Waals surface area contributed by atoms with E-state index in [9.17, 15) is 18.0 Å². The normalized spacial score (nSPS) is 26.2. The first-order chi connectivity index (χ1) is 16.4. The molecule has 6 nitrogen and oxygen atoms in total. The predicted octanol–water partition coefficient (Wildman–Crippen LogP) is 3.74. The second kappa shape index (κ2) is 9.06. The van der Waals surface area contributed by atoms with Crippen molar-refractivity contribution in [3.05, 3.63) is 90.2 Å². The zero-order valence-corrected chi connectivity index (χ0v) is 18.4. The molecule has 5 rings (SSSR count). The average Bonchev–Trinajstić information content (AvgIpc) is 3.50. The maximum atomic E-state index is 13.1. The summed E-state index contributed by atoms with van der Waals surface area (Å²) in [4.78, 5) is 14.5. The van der Waals surface area contributed by atoms with Crippen molar-refractivity contribution in [1.82, 2.24) is 21.0 Å². The fraction of sp³-hybridized carbons (Fsp3) is 0.320. The van der Waals surface area contributed by atoms with Gasteiger partial charge in [-0.25, -0.2) is 4.79 Å². The van der Waals surface area contributed by atoms with Crippen LogP contribution < -0.4 is 21.1 Å². The lowest BCUT2D eigenvalue weighted by Crippen LogP contribution is -2.55. The first-order valence-corrected chi connectivity index (χ1v) is 11.3. The summed E-state index contributed by atoms with van der Waals surface area (Å²) in [6.07, 6.45) is 1.26. The summed E-state index contributed by atoms with van der Waals surface area (Å²) >= 11 is 0. The molecular formula is C25H26F3N5O. The smallest absolute Gasteiger partial charge is 0.333 e. The van der Waals surface area contributed by atoms with E-state index >= 15 is 0 Å². The van der Waals surface area contributed by atoms with Crippen LogP contribution >= 0.6 is 0 Å². The number of hydrogen-bond acceptors (Lipinski definition) is 4. The summed E-state index contributed by atoms with van der Waals surface area (Å²) in [5.41, 5.74) is 6.13. The maximum Gasteiger partial charge on any atom is 0.401 e. The zero-order chi connectivity index (χ0) is 23.7. The Morgan fingerprint density at radius 2 is 1.71 bits per heavy atom. The molecule has 4 unspecified atom stereocenters. The molecule has 0 bridgehead atoms. The van der Waals surface area contributed by atoms with E-state index in [1.807, 2.05) is 83.9 Å². The number of halogens is 3. The van der Waals surface area contributed by atoms with Gasteiger partial charge in [0.1, 0.15) is 6.17 Å². The third-order valence-corrected chi connectivity index (χ3v) is 6.48. The van der Waals surface area contributed by atoms with Gasteiger partial charge in [-0.15, -0.1) is 0 Å². The van der Waals surface area contributed by atoms with E-state index in [0.717, 1.165) is 16.9 Å². The lowest BCUT2D eigenvalue weighted by atomic mass is 9.94. The number of hydrogen-bond donors (Lipinski definition) is 3. The number of nitrogens with zero attached hydrogens (tertiary/aromatic N) is 2. The van der Waals surface area contributed by atoms with Crippen LogP contribution in [0.1, 0.15) is 11.5 Å².